The monoisotopic (exact) mass is 467 g/mol. The van der Waals surface area contributed by atoms with Crippen molar-refractivity contribution in [1.82, 2.24) is 15.1 Å². The lowest BCUT2D eigenvalue weighted by atomic mass is 9.79. The van der Waals surface area contributed by atoms with Crippen LogP contribution in [0.1, 0.15) is 82.3 Å². The summed E-state index contributed by atoms with van der Waals surface area (Å²) in [6.45, 7) is 6.20. The molecule has 1 aromatic carbocycles. The van der Waals surface area contributed by atoms with Crippen LogP contribution in [-0.4, -0.2) is 59.4 Å². The number of fused-ring (bicyclic) bond motifs is 1. The number of rotatable bonds is 7. The van der Waals surface area contributed by atoms with Crippen LogP contribution in [-0.2, 0) is 22.6 Å². The molecule has 1 saturated carbocycles. The van der Waals surface area contributed by atoms with Crippen molar-refractivity contribution in [1.29, 1.82) is 0 Å². The van der Waals surface area contributed by atoms with E-state index in [2.05, 4.69) is 35.3 Å². The number of carbonyl (C=O) groups excluding carboxylic acids is 2. The molecule has 6 heteroatoms. The van der Waals surface area contributed by atoms with E-state index in [1.165, 1.54) is 43.2 Å². The Morgan fingerprint density at radius 1 is 1.12 bits per heavy atom. The fraction of sp³-hybridized carbons (Fsp3) is 0.714. The van der Waals surface area contributed by atoms with E-state index >= 15 is 0 Å². The van der Waals surface area contributed by atoms with Crippen LogP contribution in [0.25, 0.3) is 0 Å². The summed E-state index contributed by atoms with van der Waals surface area (Å²) in [6, 6.07) is 6.20. The van der Waals surface area contributed by atoms with Crippen molar-refractivity contribution >= 4 is 11.8 Å². The van der Waals surface area contributed by atoms with Crippen LogP contribution >= 0.6 is 0 Å². The Labute approximate surface area is 204 Å². The molecule has 0 radical (unpaired) electrons. The van der Waals surface area contributed by atoms with Crippen LogP contribution < -0.4 is 10.1 Å². The normalized spacial score (nSPS) is 25.3. The summed E-state index contributed by atoms with van der Waals surface area (Å²) < 4.78 is 5.65. The number of nitrogens with zero attached hydrogens (tertiary/aromatic N) is 2. The zero-order chi connectivity index (χ0) is 23.5. The first-order valence-corrected chi connectivity index (χ1v) is 13.7. The van der Waals surface area contributed by atoms with E-state index in [0.29, 0.717) is 12.5 Å². The van der Waals surface area contributed by atoms with Gasteiger partial charge in [0.1, 0.15) is 17.3 Å². The highest BCUT2D eigenvalue weighted by Gasteiger charge is 2.53. The molecule has 3 aliphatic heterocycles. The molecule has 1 aromatic rings. The third-order valence-electron chi connectivity index (χ3n) is 8.68. The van der Waals surface area contributed by atoms with Crippen molar-refractivity contribution in [2.75, 3.05) is 26.2 Å². The second-order valence-electron chi connectivity index (χ2n) is 11.0. The van der Waals surface area contributed by atoms with Gasteiger partial charge in [-0.1, -0.05) is 57.6 Å². The molecule has 0 bridgehead atoms. The van der Waals surface area contributed by atoms with Crippen LogP contribution in [0, 0.1) is 5.92 Å². The number of ether oxygens (including phenoxy) is 1. The van der Waals surface area contributed by atoms with Gasteiger partial charge in [0.25, 0.3) is 0 Å². The number of amides is 2. The second-order valence-corrected chi connectivity index (χ2v) is 11.0. The number of likely N-dealkylation sites (tertiary alicyclic amines) is 1. The molecule has 34 heavy (non-hydrogen) atoms. The standard InChI is InChI=1S/C28H41N3O3/c1-2-3-14-31-26(32)24(19-21-7-5-4-6-8-21)29-27(33)28(31)12-15-30(16-13-28)20-22-9-10-25-23(18-22)11-17-34-25/h9-10,18,21,24H,2-8,11-17,19-20H2,1H3,(H,29,33). The second kappa shape index (κ2) is 10.3. The lowest BCUT2D eigenvalue weighted by Crippen LogP contribution is -2.73. The first-order valence-electron chi connectivity index (χ1n) is 13.7. The van der Waals surface area contributed by atoms with E-state index in [-0.39, 0.29) is 17.9 Å². The minimum absolute atomic E-state index is 0.0957. The first kappa shape index (κ1) is 23.7. The number of piperidine rings is 1. The number of benzene rings is 1. The van der Waals surface area contributed by atoms with Crippen molar-refractivity contribution in [2.24, 2.45) is 5.92 Å². The average molecular weight is 468 g/mol. The Kier molecular flexibility index (Phi) is 7.14. The van der Waals surface area contributed by atoms with Gasteiger partial charge in [-0.2, -0.15) is 0 Å². The molecule has 1 aliphatic carbocycles. The summed E-state index contributed by atoms with van der Waals surface area (Å²) in [7, 11) is 0. The predicted molar refractivity (Wildman–Crippen MR) is 133 cm³/mol. The van der Waals surface area contributed by atoms with Crippen LogP contribution in [0.5, 0.6) is 5.75 Å². The van der Waals surface area contributed by atoms with Gasteiger partial charge in [0.05, 0.1) is 6.61 Å². The topological polar surface area (TPSA) is 61.9 Å². The van der Waals surface area contributed by atoms with Gasteiger partial charge in [-0.15, -0.1) is 0 Å². The Balaban J connectivity index is 1.25. The Morgan fingerprint density at radius 2 is 1.91 bits per heavy atom. The Bertz CT molecular complexity index is 887. The SMILES string of the molecule is CCCCN1C(=O)C(CC2CCCCC2)NC(=O)C12CCN(Cc1ccc3c(c1)CCO3)CC2. The molecule has 1 N–H and O–H groups in total. The maximum atomic E-state index is 13.7. The molecule has 3 heterocycles. The number of hydrogen-bond acceptors (Lipinski definition) is 4. The van der Waals surface area contributed by atoms with Crippen molar-refractivity contribution in [3.63, 3.8) is 0 Å². The highest BCUT2D eigenvalue weighted by atomic mass is 16.5. The van der Waals surface area contributed by atoms with Gasteiger partial charge in [0.2, 0.25) is 11.8 Å². The molecule has 1 spiro atoms. The summed E-state index contributed by atoms with van der Waals surface area (Å²) in [5.41, 5.74) is 1.94. The molecular formula is C28H41N3O3. The predicted octanol–water partition coefficient (Wildman–Crippen LogP) is 4.05. The summed E-state index contributed by atoms with van der Waals surface area (Å²) in [5, 5.41) is 3.21. The smallest absolute Gasteiger partial charge is 0.246 e. The maximum Gasteiger partial charge on any atom is 0.246 e. The van der Waals surface area contributed by atoms with Crippen molar-refractivity contribution in [3.8, 4) is 5.75 Å². The van der Waals surface area contributed by atoms with Crippen molar-refractivity contribution < 1.29 is 14.3 Å². The average Bonchev–Trinajstić information content (AvgIpc) is 3.32. The van der Waals surface area contributed by atoms with Gasteiger partial charge in [-0.25, -0.2) is 0 Å². The molecule has 3 fully saturated rings. The van der Waals surface area contributed by atoms with E-state index in [1.54, 1.807) is 0 Å². The van der Waals surface area contributed by atoms with Crippen LogP contribution in [0.3, 0.4) is 0 Å². The maximum absolute atomic E-state index is 13.7. The number of piperazine rings is 1. The summed E-state index contributed by atoms with van der Waals surface area (Å²) in [5.74, 6) is 1.86. The molecular weight excluding hydrogens is 426 g/mol. The van der Waals surface area contributed by atoms with Crippen molar-refractivity contribution in [2.45, 2.75) is 95.7 Å². The fourth-order valence-corrected chi connectivity index (χ4v) is 6.61. The van der Waals surface area contributed by atoms with Gasteiger partial charge in [-0.3, -0.25) is 14.5 Å². The molecule has 6 nitrogen and oxygen atoms in total. The largest absolute Gasteiger partial charge is 0.493 e. The van der Waals surface area contributed by atoms with Gasteiger partial charge < -0.3 is 15.0 Å². The van der Waals surface area contributed by atoms with Crippen LogP contribution in [0.2, 0.25) is 0 Å². The van der Waals surface area contributed by atoms with Gasteiger partial charge in [0.15, 0.2) is 0 Å². The van der Waals surface area contributed by atoms with E-state index in [9.17, 15) is 9.59 Å². The number of hydrogen-bond donors (Lipinski definition) is 1. The molecule has 1 unspecified atom stereocenters. The highest BCUT2D eigenvalue weighted by molar-refractivity contribution is 6.00. The van der Waals surface area contributed by atoms with E-state index in [4.69, 9.17) is 4.74 Å². The van der Waals surface area contributed by atoms with Gasteiger partial charge in [0, 0.05) is 32.6 Å². The zero-order valence-electron chi connectivity index (χ0n) is 20.8. The van der Waals surface area contributed by atoms with Crippen molar-refractivity contribution in [3.05, 3.63) is 29.3 Å². The lowest BCUT2D eigenvalue weighted by Gasteiger charge is -2.52. The molecule has 186 valence electrons. The zero-order valence-corrected chi connectivity index (χ0v) is 20.8. The summed E-state index contributed by atoms with van der Waals surface area (Å²) in [6.07, 6.45) is 11.5. The minimum Gasteiger partial charge on any atom is -0.493 e. The molecule has 1 atom stereocenters. The van der Waals surface area contributed by atoms with Gasteiger partial charge >= 0.3 is 0 Å². The van der Waals surface area contributed by atoms with E-state index in [1.807, 2.05) is 4.90 Å². The third-order valence-corrected chi connectivity index (χ3v) is 8.68. The molecule has 5 rings (SSSR count). The molecule has 2 saturated heterocycles. The molecule has 4 aliphatic rings. The lowest BCUT2D eigenvalue weighted by molar-refractivity contribution is -0.162. The Hall–Kier alpha value is -2.08. The number of nitrogens with one attached hydrogen (secondary N) is 1. The van der Waals surface area contributed by atoms with Gasteiger partial charge in [-0.05, 0) is 48.8 Å². The first-order chi connectivity index (χ1) is 16.6. The summed E-state index contributed by atoms with van der Waals surface area (Å²) >= 11 is 0. The fourth-order valence-electron chi connectivity index (χ4n) is 6.61. The summed E-state index contributed by atoms with van der Waals surface area (Å²) in [4.78, 5) is 31.7. The van der Waals surface area contributed by atoms with E-state index in [0.717, 1.165) is 70.5 Å². The minimum atomic E-state index is -0.669. The Morgan fingerprint density at radius 3 is 2.68 bits per heavy atom. The number of carbonyl (C=O) groups is 2. The molecule has 2 amide bonds. The molecule has 0 aromatic heterocycles. The highest BCUT2D eigenvalue weighted by Crippen LogP contribution is 2.36. The van der Waals surface area contributed by atoms with E-state index < -0.39 is 5.54 Å². The van der Waals surface area contributed by atoms with Crippen LogP contribution in [0.15, 0.2) is 18.2 Å². The van der Waals surface area contributed by atoms with Crippen LogP contribution in [0.4, 0.5) is 0 Å². The third kappa shape index (κ3) is 4.71. The quantitative estimate of drug-likeness (QED) is 0.657. The number of unbranched alkanes of at least 4 members (excludes halogenated alkanes) is 1.